The first kappa shape index (κ1) is 34.6. The van der Waals surface area contributed by atoms with Gasteiger partial charge in [-0.1, -0.05) is 43.5 Å². The summed E-state index contributed by atoms with van der Waals surface area (Å²) < 4.78 is 5.43. The quantitative estimate of drug-likeness (QED) is 0.424. The molecular weight excluding hydrogens is 570 g/mol. The minimum absolute atomic E-state index is 0. The van der Waals surface area contributed by atoms with E-state index in [2.05, 4.69) is 22.8 Å². The average molecular weight is 620 g/mol. The molecule has 240 valence electrons. The average Bonchev–Trinajstić information content (AvgIpc) is 3.36. The fourth-order valence-corrected chi connectivity index (χ4v) is 6.50. The highest BCUT2D eigenvalue weighted by Gasteiger charge is 2.44. The van der Waals surface area contributed by atoms with E-state index in [0.29, 0.717) is 6.42 Å². The number of hydrogen-bond acceptors (Lipinski definition) is 6. The van der Waals surface area contributed by atoms with E-state index in [1.54, 1.807) is 32.6 Å². The molecule has 1 aromatic carbocycles. The Morgan fingerprint density at radius 3 is 2.40 bits per heavy atom. The van der Waals surface area contributed by atoms with Crippen LogP contribution in [0.25, 0.3) is 0 Å². The number of benzene rings is 1. The second kappa shape index (κ2) is 14.8. The number of aryl methyl sites for hydroxylation is 1. The number of carbonyl (C=O) groups excluding carboxylic acids is 4. The van der Waals surface area contributed by atoms with Crippen LogP contribution in [0.2, 0.25) is 0 Å². The molecule has 1 aromatic rings. The van der Waals surface area contributed by atoms with Gasteiger partial charge in [0.15, 0.2) is 0 Å². The van der Waals surface area contributed by atoms with E-state index in [9.17, 15) is 19.2 Å². The second-order valence-corrected chi connectivity index (χ2v) is 13.3. The molecule has 4 N–H and O–H groups in total. The van der Waals surface area contributed by atoms with E-state index in [-0.39, 0.29) is 48.8 Å². The summed E-state index contributed by atoms with van der Waals surface area (Å²) in [5.41, 5.74) is 8.01. The molecule has 2 fully saturated rings. The summed E-state index contributed by atoms with van der Waals surface area (Å²) in [7, 11) is 1.51. The van der Waals surface area contributed by atoms with E-state index in [1.165, 1.54) is 17.5 Å². The highest BCUT2D eigenvalue weighted by Crippen LogP contribution is 2.32. The van der Waals surface area contributed by atoms with Gasteiger partial charge >= 0.3 is 6.09 Å². The van der Waals surface area contributed by atoms with Gasteiger partial charge in [-0.3, -0.25) is 19.3 Å². The Kier molecular flexibility index (Phi) is 11.9. The number of carbonyl (C=O) groups is 4. The van der Waals surface area contributed by atoms with Crippen LogP contribution in [0.3, 0.4) is 0 Å². The number of likely N-dealkylation sites (N-methyl/N-ethyl adjacent to an activating group) is 1. The fourth-order valence-electron chi connectivity index (χ4n) is 6.50. The molecule has 1 saturated heterocycles. The number of likely N-dealkylation sites (tertiary alicyclic amines) is 1. The lowest BCUT2D eigenvalue weighted by Gasteiger charge is -2.36. The Morgan fingerprint density at radius 2 is 1.72 bits per heavy atom. The SMILES string of the molecule is C[C@@H](C(=O)N[C@H](C(=O)N1C[C@@H](N)C[C@H]1C(=O)N[C@@H]1CCCc2ccccc21)C1CCCCC1)N(C)C(=O)OC(C)(C)C.Cl. The zero-order valence-corrected chi connectivity index (χ0v) is 27.1. The summed E-state index contributed by atoms with van der Waals surface area (Å²) in [6.07, 6.45) is 7.24. The monoisotopic (exact) mass is 619 g/mol. The highest BCUT2D eigenvalue weighted by atomic mass is 35.5. The summed E-state index contributed by atoms with van der Waals surface area (Å²) in [4.78, 5) is 56.8. The number of nitrogens with one attached hydrogen (secondary N) is 2. The predicted octanol–water partition coefficient (Wildman–Crippen LogP) is 3.85. The summed E-state index contributed by atoms with van der Waals surface area (Å²) in [5.74, 6) is -0.972. The van der Waals surface area contributed by atoms with Crippen LogP contribution in [0, 0.1) is 5.92 Å². The Hall–Kier alpha value is -2.85. The van der Waals surface area contributed by atoms with Crippen molar-refractivity contribution in [2.45, 2.75) is 121 Å². The van der Waals surface area contributed by atoms with Crippen molar-refractivity contribution in [3.8, 4) is 0 Å². The van der Waals surface area contributed by atoms with E-state index >= 15 is 0 Å². The molecule has 1 heterocycles. The molecule has 1 saturated carbocycles. The predicted molar refractivity (Wildman–Crippen MR) is 168 cm³/mol. The summed E-state index contributed by atoms with van der Waals surface area (Å²) in [5, 5.41) is 6.19. The molecule has 0 spiro atoms. The molecule has 5 atom stereocenters. The van der Waals surface area contributed by atoms with Gasteiger partial charge in [0.2, 0.25) is 17.7 Å². The minimum Gasteiger partial charge on any atom is -0.444 e. The molecule has 10 nitrogen and oxygen atoms in total. The summed E-state index contributed by atoms with van der Waals surface area (Å²) in [6, 6.07) is 5.38. The topological polar surface area (TPSA) is 134 Å². The molecule has 3 aliphatic rings. The van der Waals surface area contributed by atoms with Gasteiger partial charge in [0.1, 0.15) is 23.7 Å². The molecule has 0 radical (unpaired) electrons. The Labute approximate surface area is 262 Å². The van der Waals surface area contributed by atoms with E-state index in [0.717, 1.165) is 56.9 Å². The van der Waals surface area contributed by atoms with E-state index in [1.807, 2.05) is 12.1 Å². The third-order valence-corrected chi connectivity index (χ3v) is 8.93. The number of rotatable bonds is 7. The van der Waals surface area contributed by atoms with Gasteiger partial charge in [-0.25, -0.2) is 4.79 Å². The van der Waals surface area contributed by atoms with Crippen molar-refractivity contribution in [3.05, 3.63) is 35.4 Å². The normalized spacial score (nSPS) is 23.7. The number of fused-ring (bicyclic) bond motifs is 1. The maximum absolute atomic E-state index is 14.2. The molecule has 0 bridgehead atoms. The third-order valence-electron chi connectivity index (χ3n) is 8.93. The number of nitrogens with two attached hydrogens (primary N) is 1. The Morgan fingerprint density at radius 1 is 1.05 bits per heavy atom. The van der Waals surface area contributed by atoms with Crippen LogP contribution in [-0.2, 0) is 25.5 Å². The van der Waals surface area contributed by atoms with E-state index in [4.69, 9.17) is 10.5 Å². The smallest absolute Gasteiger partial charge is 0.410 e. The van der Waals surface area contributed by atoms with Crippen molar-refractivity contribution in [1.82, 2.24) is 20.4 Å². The van der Waals surface area contributed by atoms with Gasteiger partial charge in [-0.05, 0) is 83.3 Å². The number of amides is 4. The Balaban J connectivity index is 0.00000506. The van der Waals surface area contributed by atoms with Crippen LogP contribution >= 0.6 is 12.4 Å². The second-order valence-electron chi connectivity index (χ2n) is 13.3. The number of halogens is 1. The van der Waals surface area contributed by atoms with Crippen molar-refractivity contribution < 1.29 is 23.9 Å². The van der Waals surface area contributed by atoms with Crippen LogP contribution in [0.15, 0.2) is 24.3 Å². The van der Waals surface area contributed by atoms with E-state index < -0.39 is 35.7 Å². The molecule has 4 amide bonds. The zero-order chi connectivity index (χ0) is 30.6. The van der Waals surface area contributed by atoms with Gasteiger partial charge in [0, 0.05) is 19.6 Å². The lowest BCUT2D eigenvalue weighted by atomic mass is 9.83. The fraction of sp³-hybridized carbons (Fsp3) is 0.688. The molecule has 4 rings (SSSR count). The van der Waals surface area contributed by atoms with Gasteiger partial charge in [0.05, 0.1) is 6.04 Å². The minimum atomic E-state index is -0.856. The molecule has 43 heavy (non-hydrogen) atoms. The van der Waals surface area contributed by atoms with Crippen LogP contribution in [0.1, 0.15) is 96.2 Å². The van der Waals surface area contributed by atoms with Gasteiger partial charge in [-0.15, -0.1) is 12.4 Å². The van der Waals surface area contributed by atoms with Crippen LogP contribution in [0.4, 0.5) is 4.79 Å². The largest absolute Gasteiger partial charge is 0.444 e. The number of nitrogens with zero attached hydrogens (tertiary/aromatic N) is 2. The first-order valence-electron chi connectivity index (χ1n) is 15.6. The first-order valence-corrected chi connectivity index (χ1v) is 15.6. The molecule has 0 aromatic heterocycles. The van der Waals surface area contributed by atoms with Gasteiger partial charge in [0.25, 0.3) is 0 Å². The molecule has 2 aliphatic carbocycles. The van der Waals surface area contributed by atoms with Crippen molar-refractivity contribution in [1.29, 1.82) is 0 Å². The van der Waals surface area contributed by atoms with Gasteiger partial charge < -0.3 is 26.0 Å². The molecule has 11 heteroatoms. The zero-order valence-electron chi connectivity index (χ0n) is 26.3. The first-order chi connectivity index (χ1) is 19.9. The van der Waals surface area contributed by atoms with Crippen molar-refractivity contribution in [2.24, 2.45) is 11.7 Å². The highest BCUT2D eigenvalue weighted by molar-refractivity contribution is 5.94. The molecular formula is C32H50ClN5O5. The summed E-state index contributed by atoms with van der Waals surface area (Å²) >= 11 is 0. The number of hydrogen-bond donors (Lipinski definition) is 3. The van der Waals surface area contributed by atoms with Crippen molar-refractivity contribution >= 4 is 36.2 Å². The number of ether oxygens (including phenoxy) is 1. The lowest BCUT2D eigenvalue weighted by Crippen LogP contribution is -2.59. The Bertz CT molecular complexity index is 1150. The van der Waals surface area contributed by atoms with Crippen LogP contribution in [0.5, 0.6) is 0 Å². The molecule has 1 aliphatic heterocycles. The van der Waals surface area contributed by atoms with Crippen LogP contribution < -0.4 is 16.4 Å². The maximum atomic E-state index is 14.2. The third kappa shape index (κ3) is 8.62. The van der Waals surface area contributed by atoms with Crippen LogP contribution in [-0.4, -0.2) is 77.0 Å². The maximum Gasteiger partial charge on any atom is 0.410 e. The van der Waals surface area contributed by atoms with Gasteiger partial charge in [-0.2, -0.15) is 0 Å². The summed E-state index contributed by atoms with van der Waals surface area (Å²) in [6.45, 7) is 7.17. The lowest BCUT2D eigenvalue weighted by molar-refractivity contribution is -0.143. The standard InChI is InChI=1S/C32H49N5O5.ClH/c1-20(36(5)31(41)42-32(2,3)4)28(38)35-27(22-13-7-6-8-14-22)30(40)37-19-23(33)18-26(37)29(39)34-25-17-11-15-21-12-9-10-16-24(21)25;/h9-10,12,16,20,22-23,25-27H,6-8,11,13-15,17-19,33H2,1-5H3,(H,34,39)(H,35,38);1H/t20-,23-,25+,26-,27-;/m0./s1. The van der Waals surface area contributed by atoms with Crippen molar-refractivity contribution in [3.63, 3.8) is 0 Å². The molecule has 0 unspecified atom stereocenters. The van der Waals surface area contributed by atoms with Crippen molar-refractivity contribution in [2.75, 3.05) is 13.6 Å².